The van der Waals surface area contributed by atoms with Gasteiger partial charge < -0.3 is 4.52 Å². The highest BCUT2D eigenvalue weighted by Gasteiger charge is 2.57. The van der Waals surface area contributed by atoms with Gasteiger partial charge in [0.05, 0.1) is 12.3 Å². The number of nitrogens with zero attached hydrogens (tertiary/aromatic N) is 2. The van der Waals surface area contributed by atoms with E-state index < -0.39 is 50.0 Å². The van der Waals surface area contributed by atoms with Crippen LogP contribution in [0.5, 0.6) is 0 Å². The SMILES string of the molecule is CS(=O)(=O)NC(c1ccc(-c2noc(C(F)(F)F)n2)cc1F)C1CC1(Cl)Cl. The van der Waals surface area contributed by atoms with Gasteiger partial charge in [-0.1, -0.05) is 17.3 Å². The van der Waals surface area contributed by atoms with E-state index in [1.165, 1.54) is 12.1 Å². The van der Waals surface area contributed by atoms with Crippen molar-refractivity contribution in [2.24, 2.45) is 5.92 Å². The minimum absolute atomic E-state index is 0.0584. The molecule has 1 aliphatic carbocycles. The smallest absolute Gasteiger partial charge is 0.329 e. The van der Waals surface area contributed by atoms with Gasteiger partial charge in [-0.2, -0.15) is 18.2 Å². The van der Waals surface area contributed by atoms with Crippen LogP contribution >= 0.6 is 23.2 Å². The predicted octanol–water partition coefficient (Wildman–Crippen LogP) is 3.68. The average molecular weight is 448 g/mol. The Bertz CT molecular complexity index is 978. The molecule has 13 heteroatoms. The second-order valence-corrected chi connectivity index (χ2v) is 9.42. The fourth-order valence-electron chi connectivity index (χ4n) is 2.56. The number of halogens is 6. The second-order valence-electron chi connectivity index (χ2n) is 6.10. The molecule has 1 aromatic heterocycles. The molecule has 1 aliphatic rings. The Hall–Kier alpha value is -1.43. The standard InChI is InChI=1S/C14H11Cl2F4N3O3S/c1-27(24,25)23-10(8-5-13(8,15)16)7-3-2-6(4-9(7)17)11-21-12(26-22-11)14(18,19)20/h2-4,8,10,23H,5H2,1H3. The third-order valence-electron chi connectivity index (χ3n) is 3.88. The first-order valence-corrected chi connectivity index (χ1v) is 9.98. The fourth-order valence-corrected chi connectivity index (χ4v) is 3.90. The van der Waals surface area contributed by atoms with Crippen molar-refractivity contribution >= 4 is 33.2 Å². The van der Waals surface area contributed by atoms with Crippen molar-refractivity contribution < 1.29 is 30.5 Å². The maximum atomic E-state index is 14.6. The zero-order valence-corrected chi connectivity index (χ0v) is 15.7. The summed E-state index contributed by atoms with van der Waals surface area (Å²) in [6.45, 7) is 0. The highest BCUT2D eigenvalue weighted by atomic mass is 35.5. The maximum absolute atomic E-state index is 14.6. The number of nitrogens with one attached hydrogen (secondary N) is 1. The lowest BCUT2D eigenvalue weighted by atomic mass is 10.0. The molecule has 27 heavy (non-hydrogen) atoms. The van der Waals surface area contributed by atoms with Crippen molar-refractivity contribution in [1.82, 2.24) is 14.9 Å². The third-order valence-corrected chi connectivity index (χ3v) is 5.43. The monoisotopic (exact) mass is 447 g/mol. The van der Waals surface area contributed by atoms with Crippen molar-refractivity contribution in [3.05, 3.63) is 35.5 Å². The van der Waals surface area contributed by atoms with Crippen LogP contribution in [0.25, 0.3) is 11.4 Å². The first-order valence-electron chi connectivity index (χ1n) is 7.34. The van der Waals surface area contributed by atoms with Crippen LogP contribution in [0.15, 0.2) is 22.7 Å². The van der Waals surface area contributed by atoms with Gasteiger partial charge in [0.1, 0.15) is 10.2 Å². The molecule has 2 unspecified atom stereocenters. The van der Waals surface area contributed by atoms with E-state index in [1.54, 1.807) is 0 Å². The van der Waals surface area contributed by atoms with E-state index in [2.05, 4.69) is 19.4 Å². The van der Waals surface area contributed by atoms with Crippen LogP contribution in [-0.2, 0) is 16.2 Å². The van der Waals surface area contributed by atoms with Crippen molar-refractivity contribution in [2.75, 3.05) is 6.26 Å². The zero-order valence-electron chi connectivity index (χ0n) is 13.4. The van der Waals surface area contributed by atoms with Crippen LogP contribution in [-0.4, -0.2) is 29.1 Å². The number of rotatable bonds is 5. The Morgan fingerprint density at radius 2 is 2.00 bits per heavy atom. The summed E-state index contributed by atoms with van der Waals surface area (Å²) < 4.78 is 80.6. The minimum atomic E-state index is -4.83. The minimum Gasteiger partial charge on any atom is -0.329 e. The number of aromatic nitrogens is 2. The second kappa shape index (κ2) is 6.57. The van der Waals surface area contributed by atoms with Crippen LogP contribution in [0.1, 0.15) is 23.9 Å². The highest BCUT2D eigenvalue weighted by Crippen LogP contribution is 2.59. The number of sulfonamides is 1. The number of alkyl halides is 5. The summed E-state index contributed by atoms with van der Waals surface area (Å²) in [6, 6.07) is 2.29. The number of hydrogen-bond acceptors (Lipinski definition) is 5. The van der Waals surface area contributed by atoms with Gasteiger partial charge in [0.15, 0.2) is 0 Å². The van der Waals surface area contributed by atoms with E-state index >= 15 is 0 Å². The summed E-state index contributed by atoms with van der Waals surface area (Å²) in [5.41, 5.74) is -0.135. The number of hydrogen-bond donors (Lipinski definition) is 1. The van der Waals surface area contributed by atoms with Crippen LogP contribution in [0.2, 0.25) is 0 Å². The summed E-state index contributed by atoms with van der Waals surface area (Å²) in [5.74, 6) is -3.48. The zero-order chi connectivity index (χ0) is 20.2. The topological polar surface area (TPSA) is 85.1 Å². The van der Waals surface area contributed by atoms with Crippen LogP contribution in [0.4, 0.5) is 17.6 Å². The molecule has 1 heterocycles. The molecule has 2 aromatic rings. The van der Waals surface area contributed by atoms with Crippen LogP contribution < -0.4 is 4.72 Å². The largest absolute Gasteiger partial charge is 0.471 e. The Labute approximate surface area is 160 Å². The molecule has 0 aliphatic heterocycles. The van der Waals surface area contributed by atoms with Crippen LogP contribution in [0.3, 0.4) is 0 Å². The molecule has 1 N–H and O–H groups in total. The van der Waals surface area contributed by atoms with E-state index in [-0.39, 0.29) is 17.5 Å². The van der Waals surface area contributed by atoms with Crippen molar-refractivity contribution in [3.63, 3.8) is 0 Å². The van der Waals surface area contributed by atoms with Crippen molar-refractivity contribution in [2.45, 2.75) is 23.0 Å². The summed E-state index contributed by atoms with van der Waals surface area (Å²) in [6.07, 6.45) is -3.69. The maximum Gasteiger partial charge on any atom is 0.471 e. The fraction of sp³-hybridized carbons (Fsp3) is 0.429. The van der Waals surface area contributed by atoms with Gasteiger partial charge in [-0.3, -0.25) is 0 Å². The molecule has 148 valence electrons. The summed E-state index contributed by atoms with van der Waals surface area (Å²) in [5, 5.41) is 3.17. The lowest BCUT2D eigenvalue weighted by molar-refractivity contribution is -0.159. The van der Waals surface area contributed by atoms with E-state index in [9.17, 15) is 26.0 Å². The molecule has 1 saturated carbocycles. The first-order chi connectivity index (χ1) is 12.3. The van der Waals surface area contributed by atoms with E-state index in [0.717, 1.165) is 12.3 Å². The predicted molar refractivity (Wildman–Crippen MR) is 88.0 cm³/mol. The van der Waals surface area contributed by atoms with Gasteiger partial charge in [-0.15, -0.1) is 23.2 Å². The lowest BCUT2D eigenvalue weighted by Gasteiger charge is -2.19. The van der Waals surface area contributed by atoms with Crippen molar-refractivity contribution in [1.29, 1.82) is 0 Å². The van der Waals surface area contributed by atoms with E-state index in [4.69, 9.17) is 23.2 Å². The molecule has 0 saturated heterocycles. The Morgan fingerprint density at radius 3 is 2.44 bits per heavy atom. The molecule has 2 atom stereocenters. The lowest BCUT2D eigenvalue weighted by Crippen LogP contribution is -2.30. The molecular formula is C14H11Cl2F4N3O3S. The Morgan fingerprint density at radius 1 is 1.37 bits per heavy atom. The average Bonchev–Trinajstić information content (AvgIpc) is 2.94. The highest BCUT2D eigenvalue weighted by molar-refractivity contribution is 7.88. The summed E-state index contributed by atoms with van der Waals surface area (Å²) >= 11 is 11.9. The van der Waals surface area contributed by atoms with Gasteiger partial charge >= 0.3 is 12.1 Å². The molecule has 6 nitrogen and oxygen atoms in total. The molecule has 3 rings (SSSR count). The first kappa shape index (κ1) is 20.3. The quantitative estimate of drug-likeness (QED) is 0.558. The van der Waals surface area contributed by atoms with Crippen molar-refractivity contribution in [3.8, 4) is 11.4 Å². The van der Waals surface area contributed by atoms with E-state index in [1.807, 2.05) is 0 Å². The van der Waals surface area contributed by atoms with Gasteiger partial charge in [0.25, 0.3) is 0 Å². The van der Waals surface area contributed by atoms with Gasteiger partial charge in [-0.25, -0.2) is 17.5 Å². The van der Waals surface area contributed by atoms with Crippen LogP contribution in [0, 0.1) is 11.7 Å². The normalized spacial score (nSPS) is 20.5. The van der Waals surface area contributed by atoms with Gasteiger partial charge in [0.2, 0.25) is 15.8 Å². The Kier molecular flexibility index (Phi) is 4.94. The van der Waals surface area contributed by atoms with Gasteiger partial charge in [-0.05, 0) is 12.5 Å². The van der Waals surface area contributed by atoms with Gasteiger partial charge in [0, 0.05) is 17.0 Å². The Balaban J connectivity index is 1.94. The molecule has 1 fully saturated rings. The molecule has 0 amide bonds. The molecule has 1 aromatic carbocycles. The molecular weight excluding hydrogens is 437 g/mol. The molecule has 0 bridgehead atoms. The molecule has 0 radical (unpaired) electrons. The summed E-state index contributed by atoms with van der Waals surface area (Å²) in [7, 11) is -3.72. The molecule has 0 spiro atoms. The van der Waals surface area contributed by atoms with E-state index in [0.29, 0.717) is 0 Å². The third kappa shape index (κ3) is 4.53. The number of benzene rings is 1. The summed E-state index contributed by atoms with van der Waals surface area (Å²) in [4.78, 5) is 3.17.